The van der Waals surface area contributed by atoms with Crippen molar-refractivity contribution in [3.05, 3.63) is 35.2 Å². The summed E-state index contributed by atoms with van der Waals surface area (Å²) >= 11 is 0. The second-order valence-corrected chi connectivity index (χ2v) is 4.48. The summed E-state index contributed by atoms with van der Waals surface area (Å²) in [6.45, 7) is 3.66. The fraction of sp³-hybridized carbons (Fsp3) is 0.214. The molecule has 1 aliphatic heterocycles. The summed E-state index contributed by atoms with van der Waals surface area (Å²) in [5.74, 6) is 0.155. The molecule has 5 heteroatoms. The van der Waals surface area contributed by atoms with Gasteiger partial charge in [0.05, 0.1) is 11.4 Å². The fourth-order valence-corrected chi connectivity index (χ4v) is 2.26. The molecule has 0 spiro atoms. The quantitative estimate of drug-likeness (QED) is 0.789. The van der Waals surface area contributed by atoms with Gasteiger partial charge >= 0.3 is 0 Å². The summed E-state index contributed by atoms with van der Waals surface area (Å²) in [5.41, 5.74) is 3.30. The number of Topliss-reactive ketones (excluding diaryl/α,β-unsaturated/α-hetero) is 1. The molecule has 0 amide bonds. The minimum Gasteiger partial charge on any atom is -0.361 e. The molecule has 0 aliphatic carbocycles. The second-order valence-electron chi connectivity index (χ2n) is 4.48. The van der Waals surface area contributed by atoms with Crippen LogP contribution in [0.4, 0.5) is 10.1 Å². The Morgan fingerprint density at radius 1 is 1.32 bits per heavy atom. The zero-order valence-corrected chi connectivity index (χ0v) is 10.5. The zero-order valence-electron chi connectivity index (χ0n) is 10.5. The van der Waals surface area contributed by atoms with Crippen molar-refractivity contribution in [3.8, 4) is 11.1 Å². The number of rotatable bonds is 1. The highest BCUT2D eigenvalue weighted by molar-refractivity contribution is 6.14. The molecule has 0 N–H and O–H groups in total. The Morgan fingerprint density at radius 3 is 2.79 bits per heavy atom. The molecule has 1 aromatic carbocycles. The number of fused-ring (bicyclic) bond motifs is 1. The highest BCUT2D eigenvalue weighted by atomic mass is 19.1. The number of benzene rings is 1. The average molecular weight is 258 g/mol. The molecule has 3 rings (SSSR count). The van der Waals surface area contributed by atoms with Crippen LogP contribution in [-0.2, 0) is 0 Å². The first kappa shape index (κ1) is 11.8. The maximum absolute atomic E-state index is 13.2. The SMILES string of the molecule is Cc1noc(C)c1-c1ccc2c(c1)N=CC(F)C2=O. The van der Waals surface area contributed by atoms with Gasteiger partial charge in [-0.15, -0.1) is 0 Å². The Balaban J connectivity index is 2.15. The van der Waals surface area contributed by atoms with E-state index in [0.717, 1.165) is 23.0 Å². The first-order valence-electron chi connectivity index (χ1n) is 5.87. The molecule has 96 valence electrons. The van der Waals surface area contributed by atoms with E-state index in [1.807, 2.05) is 13.8 Å². The lowest BCUT2D eigenvalue weighted by Crippen LogP contribution is -2.20. The van der Waals surface area contributed by atoms with Gasteiger partial charge in [0.15, 0.2) is 6.17 Å². The van der Waals surface area contributed by atoms with Crippen LogP contribution in [0.2, 0.25) is 0 Å². The number of aromatic nitrogens is 1. The van der Waals surface area contributed by atoms with Crippen LogP contribution in [0.15, 0.2) is 27.7 Å². The van der Waals surface area contributed by atoms with Crippen molar-refractivity contribution < 1.29 is 13.7 Å². The minimum absolute atomic E-state index is 0.311. The summed E-state index contributed by atoms with van der Waals surface area (Å²) in [7, 11) is 0. The second kappa shape index (κ2) is 4.12. The summed E-state index contributed by atoms with van der Waals surface area (Å²) < 4.78 is 18.4. The van der Waals surface area contributed by atoms with Gasteiger partial charge in [0, 0.05) is 17.3 Å². The van der Waals surface area contributed by atoms with Crippen molar-refractivity contribution in [1.29, 1.82) is 0 Å². The van der Waals surface area contributed by atoms with E-state index in [4.69, 9.17) is 4.52 Å². The Morgan fingerprint density at radius 2 is 2.11 bits per heavy atom. The van der Waals surface area contributed by atoms with E-state index in [2.05, 4.69) is 10.1 Å². The zero-order chi connectivity index (χ0) is 13.6. The summed E-state index contributed by atoms with van der Waals surface area (Å²) in [5, 5.41) is 3.89. The topological polar surface area (TPSA) is 55.5 Å². The van der Waals surface area contributed by atoms with Crippen LogP contribution in [0, 0.1) is 13.8 Å². The van der Waals surface area contributed by atoms with Crippen LogP contribution in [0.1, 0.15) is 21.8 Å². The molecule has 0 fully saturated rings. The molecule has 0 radical (unpaired) electrons. The van der Waals surface area contributed by atoms with Crippen molar-refractivity contribution in [2.45, 2.75) is 20.0 Å². The number of aryl methyl sites for hydroxylation is 2. The number of hydrogen-bond acceptors (Lipinski definition) is 4. The minimum atomic E-state index is -1.64. The van der Waals surface area contributed by atoms with Gasteiger partial charge in [0.1, 0.15) is 5.76 Å². The molecule has 0 bridgehead atoms. The van der Waals surface area contributed by atoms with Crippen LogP contribution in [-0.4, -0.2) is 23.3 Å². The van der Waals surface area contributed by atoms with Crippen LogP contribution in [0.3, 0.4) is 0 Å². The standard InChI is InChI=1S/C14H11FN2O2/c1-7-13(8(2)19-17-7)9-3-4-10-12(5-9)16-6-11(15)14(10)18/h3-6,11H,1-2H3. The number of aliphatic imine (C=N–C) groups is 1. The van der Waals surface area contributed by atoms with Crippen molar-refractivity contribution in [3.63, 3.8) is 0 Å². The molecule has 1 aromatic heterocycles. The van der Waals surface area contributed by atoms with Crippen molar-refractivity contribution in [2.75, 3.05) is 0 Å². The molecule has 2 aromatic rings. The number of halogens is 1. The number of nitrogens with zero attached hydrogens (tertiary/aromatic N) is 2. The first-order valence-corrected chi connectivity index (χ1v) is 5.87. The van der Waals surface area contributed by atoms with Gasteiger partial charge in [-0.25, -0.2) is 4.39 Å². The largest absolute Gasteiger partial charge is 0.361 e. The molecule has 2 heterocycles. The molecule has 0 saturated heterocycles. The number of carbonyl (C=O) groups excluding carboxylic acids is 1. The van der Waals surface area contributed by atoms with E-state index in [0.29, 0.717) is 17.0 Å². The molecular formula is C14H11FN2O2. The number of carbonyl (C=O) groups is 1. The highest BCUT2D eigenvalue weighted by Crippen LogP contribution is 2.33. The molecule has 4 nitrogen and oxygen atoms in total. The first-order chi connectivity index (χ1) is 9.08. The monoisotopic (exact) mass is 258 g/mol. The van der Waals surface area contributed by atoms with Crippen LogP contribution in [0.25, 0.3) is 11.1 Å². The van der Waals surface area contributed by atoms with E-state index < -0.39 is 12.0 Å². The van der Waals surface area contributed by atoms with Gasteiger partial charge in [-0.1, -0.05) is 11.2 Å². The van der Waals surface area contributed by atoms with Crippen molar-refractivity contribution in [2.24, 2.45) is 4.99 Å². The third-order valence-corrected chi connectivity index (χ3v) is 3.18. The lowest BCUT2D eigenvalue weighted by atomic mass is 9.97. The summed E-state index contributed by atoms with van der Waals surface area (Å²) in [4.78, 5) is 15.6. The van der Waals surface area contributed by atoms with Gasteiger partial charge in [-0.2, -0.15) is 0 Å². The van der Waals surface area contributed by atoms with Crippen LogP contribution >= 0.6 is 0 Å². The van der Waals surface area contributed by atoms with E-state index in [1.165, 1.54) is 0 Å². The van der Waals surface area contributed by atoms with Gasteiger partial charge in [-0.3, -0.25) is 9.79 Å². The third-order valence-electron chi connectivity index (χ3n) is 3.18. The van der Waals surface area contributed by atoms with E-state index in [-0.39, 0.29) is 0 Å². The highest BCUT2D eigenvalue weighted by Gasteiger charge is 2.25. The molecule has 1 atom stereocenters. The number of ketones is 1. The molecule has 1 unspecified atom stereocenters. The Hall–Kier alpha value is -2.30. The number of alkyl halides is 1. The lowest BCUT2D eigenvalue weighted by Gasteiger charge is -2.12. The Bertz CT molecular complexity index is 684. The molecule has 1 aliphatic rings. The lowest BCUT2D eigenvalue weighted by molar-refractivity contribution is 0.0927. The van der Waals surface area contributed by atoms with Crippen LogP contribution < -0.4 is 0 Å². The van der Waals surface area contributed by atoms with Crippen molar-refractivity contribution >= 4 is 17.7 Å². The Kier molecular flexibility index (Phi) is 2.55. The van der Waals surface area contributed by atoms with E-state index in [1.54, 1.807) is 18.2 Å². The predicted octanol–water partition coefficient (Wildman–Crippen LogP) is 3.20. The maximum Gasteiger partial charge on any atom is 0.204 e. The predicted molar refractivity (Wildman–Crippen MR) is 68.8 cm³/mol. The average Bonchev–Trinajstić information content (AvgIpc) is 2.73. The van der Waals surface area contributed by atoms with Crippen LogP contribution in [0.5, 0.6) is 0 Å². The van der Waals surface area contributed by atoms with Gasteiger partial charge < -0.3 is 4.52 Å². The Labute approximate surface area is 108 Å². The van der Waals surface area contributed by atoms with Crippen molar-refractivity contribution in [1.82, 2.24) is 5.16 Å². The molecular weight excluding hydrogens is 247 g/mol. The summed E-state index contributed by atoms with van der Waals surface area (Å²) in [6, 6.07) is 5.11. The smallest absolute Gasteiger partial charge is 0.204 e. The van der Waals surface area contributed by atoms with Gasteiger partial charge in [-0.05, 0) is 31.5 Å². The van der Waals surface area contributed by atoms with Gasteiger partial charge in [0.2, 0.25) is 5.78 Å². The van der Waals surface area contributed by atoms with Gasteiger partial charge in [0.25, 0.3) is 0 Å². The van der Waals surface area contributed by atoms with E-state index >= 15 is 0 Å². The van der Waals surface area contributed by atoms with E-state index in [9.17, 15) is 9.18 Å². The third kappa shape index (κ3) is 1.78. The normalized spacial score (nSPS) is 17.6. The molecule has 19 heavy (non-hydrogen) atoms. The fourth-order valence-electron chi connectivity index (χ4n) is 2.26. The number of hydrogen-bond donors (Lipinski definition) is 0. The summed E-state index contributed by atoms with van der Waals surface area (Å²) in [6.07, 6.45) is -0.612. The maximum atomic E-state index is 13.2. The molecule has 0 saturated carbocycles.